The standard InChI is InChI=1S/C21H20N4O4/c26-21(27)16-11-25-9-8-24(12-19(25)23-16)10-14-3-5-15(6-4-14)18-13-28-17-2-1-7-22-20(17)29-18/h1-7,11,18H,8-10,12-13H2,(H,26,27)/t18-/m1/s1. The Bertz CT molecular complexity index is 1050. The maximum atomic E-state index is 11.1. The van der Waals surface area contributed by atoms with Crippen LogP contribution in [-0.4, -0.2) is 43.7 Å². The van der Waals surface area contributed by atoms with Crippen molar-refractivity contribution in [1.82, 2.24) is 19.4 Å². The SMILES string of the molecule is O=C(O)c1cn2c(n1)CN(Cc1ccc([C@H]3COc4cccnc4O3)cc1)CC2. The van der Waals surface area contributed by atoms with Crippen molar-refractivity contribution in [3.05, 3.63) is 71.4 Å². The average molecular weight is 392 g/mol. The molecule has 1 atom stereocenters. The largest absolute Gasteiger partial charge is 0.484 e. The van der Waals surface area contributed by atoms with E-state index in [1.165, 1.54) is 5.56 Å². The summed E-state index contributed by atoms with van der Waals surface area (Å²) >= 11 is 0. The van der Waals surface area contributed by atoms with E-state index in [-0.39, 0.29) is 11.8 Å². The molecule has 29 heavy (non-hydrogen) atoms. The third-order valence-corrected chi connectivity index (χ3v) is 5.24. The number of hydrogen-bond acceptors (Lipinski definition) is 6. The lowest BCUT2D eigenvalue weighted by molar-refractivity contribution is 0.0690. The summed E-state index contributed by atoms with van der Waals surface area (Å²) in [6, 6.07) is 12.0. The number of ether oxygens (including phenoxy) is 2. The van der Waals surface area contributed by atoms with Gasteiger partial charge in [-0.2, -0.15) is 0 Å². The highest BCUT2D eigenvalue weighted by molar-refractivity contribution is 5.85. The predicted octanol–water partition coefficient (Wildman–Crippen LogP) is 2.50. The number of carbonyl (C=O) groups is 1. The van der Waals surface area contributed by atoms with E-state index in [2.05, 4.69) is 39.1 Å². The van der Waals surface area contributed by atoms with Gasteiger partial charge in [-0.05, 0) is 23.3 Å². The van der Waals surface area contributed by atoms with Crippen LogP contribution in [0.1, 0.15) is 33.5 Å². The summed E-state index contributed by atoms with van der Waals surface area (Å²) in [5, 5.41) is 9.11. The van der Waals surface area contributed by atoms with Gasteiger partial charge in [-0.1, -0.05) is 24.3 Å². The van der Waals surface area contributed by atoms with Gasteiger partial charge >= 0.3 is 5.97 Å². The molecule has 0 amide bonds. The molecule has 0 aliphatic carbocycles. The third kappa shape index (κ3) is 3.54. The van der Waals surface area contributed by atoms with Crippen molar-refractivity contribution in [2.75, 3.05) is 13.2 Å². The highest BCUT2D eigenvalue weighted by atomic mass is 16.6. The monoisotopic (exact) mass is 392 g/mol. The Balaban J connectivity index is 1.24. The zero-order valence-electron chi connectivity index (χ0n) is 15.7. The number of benzene rings is 1. The van der Waals surface area contributed by atoms with E-state index in [9.17, 15) is 4.79 Å². The fraction of sp³-hybridized carbons (Fsp3) is 0.286. The van der Waals surface area contributed by atoms with E-state index < -0.39 is 5.97 Å². The van der Waals surface area contributed by atoms with Crippen molar-refractivity contribution in [2.24, 2.45) is 0 Å². The summed E-state index contributed by atoms with van der Waals surface area (Å²) in [5.74, 6) is 1.01. The van der Waals surface area contributed by atoms with Gasteiger partial charge in [-0.3, -0.25) is 4.90 Å². The Morgan fingerprint density at radius 1 is 1.21 bits per heavy atom. The lowest BCUT2D eigenvalue weighted by atomic mass is 10.1. The van der Waals surface area contributed by atoms with Crippen LogP contribution in [0.3, 0.4) is 0 Å². The summed E-state index contributed by atoms with van der Waals surface area (Å²) in [6.45, 7) is 3.47. The molecule has 0 unspecified atom stereocenters. The first kappa shape index (κ1) is 17.7. The minimum Gasteiger partial charge on any atom is -0.484 e. The summed E-state index contributed by atoms with van der Waals surface area (Å²) in [7, 11) is 0. The predicted molar refractivity (Wildman–Crippen MR) is 103 cm³/mol. The van der Waals surface area contributed by atoms with E-state index in [0.717, 1.165) is 31.0 Å². The van der Waals surface area contributed by atoms with E-state index in [1.807, 2.05) is 16.7 Å². The van der Waals surface area contributed by atoms with Crippen LogP contribution in [0, 0.1) is 0 Å². The van der Waals surface area contributed by atoms with Crippen molar-refractivity contribution in [3.63, 3.8) is 0 Å². The van der Waals surface area contributed by atoms with Crippen LogP contribution in [0.2, 0.25) is 0 Å². The van der Waals surface area contributed by atoms with Crippen LogP contribution in [0.5, 0.6) is 11.6 Å². The number of aromatic nitrogens is 3. The van der Waals surface area contributed by atoms with Gasteiger partial charge in [0.25, 0.3) is 5.88 Å². The summed E-state index contributed by atoms with van der Waals surface area (Å²) in [5.41, 5.74) is 2.34. The molecule has 148 valence electrons. The van der Waals surface area contributed by atoms with Crippen LogP contribution < -0.4 is 9.47 Å². The second kappa shape index (κ2) is 7.21. The molecule has 8 heteroatoms. The Hall–Kier alpha value is -3.39. The molecule has 1 N–H and O–H groups in total. The Kier molecular flexibility index (Phi) is 4.40. The number of imidazole rings is 1. The van der Waals surface area contributed by atoms with Gasteiger partial charge in [0.2, 0.25) is 0 Å². The lowest BCUT2D eigenvalue weighted by Crippen LogP contribution is -2.33. The van der Waals surface area contributed by atoms with Gasteiger partial charge in [0.05, 0.1) is 6.54 Å². The number of carboxylic acids is 1. The minimum absolute atomic E-state index is 0.108. The molecule has 0 fully saturated rings. The van der Waals surface area contributed by atoms with Crippen LogP contribution >= 0.6 is 0 Å². The first-order valence-electron chi connectivity index (χ1n) is 9.51. The van der Waals surface area contributed by atoms with Crippen LogP contribution in [0.25, 0.3) is 0 Å². The molecule has 3 aromatic rings. The first-order valence-corrected chi connectivity index (χ1v) is 9.51. The molecule has 2 aromatic heterocycles. The quantitative estimate of drug-likeness (QED) is 0.730. The van der Waals surface area contributed by atoms with Crippen LogP contribution in [0.4, 0.5) is 0 Å². The molecule has 0 radical (unpaired) electrons. The maximum Gasteiger partial charge on any atom is 0.356 e. The fourth-order valence-electron chi connectivity index (χ4n) is 3.71. The molecule has 0 bridgehead atoms. The van der Waals surface area contributed by atoms with Gasteiger partial charge in [0.1, 0.15) is 12.4 Å². The van der Waals surface area contributed by atoms with Crippen LogP contribution in [0.15, 0.2) is 48.8 Å². The van der Waals surface area contributed by atoms with Gasteiger partial charge in [0.15, 0.2) is 17.5 Å². The Morgan fingerprint density at radius 2 is 2.07 bits per heavy atom. The number of hydrogen-bond donors (Lipinski definition) is 1. The van der Waals surface area contributed by atoms with Crippen molar-refractivity contribution in [1.29, 1.82) is 0 Å². The number of aromatic carboxylic acids is 1. The first-order chi connectivity index (χ1) is 14.2. The van der Waals surface area contributed by atoms with E-state index in [1.54, 1.807) is 12.4 Å². The zero-order chi connectivity index (χ0) is 19.8. The highest BCUT2D eigenvalue weighted by Gasteiger charge is 2.24. The molecule has 4 heterocycles. The number of fused-ring (bicyclic) bond motifs is 2. The average Bonchev–Trinajstić information content (AvgIpc) is 3.18. The summed E-state index contributed by atoms with van der Waals surface area (Å²) in [6.07, 6.45) is 3.13. The minimum atomic E-state index is -0.985. The van der Waals surface area contributed by atoms with Crippen molar-refractivity contribution in [3.8, 4) is 11.6 Å². The molecule has 1 aromatic carbocycles. The molecule has 0 spiro atoms. The highest BCUT2D eigenvalue weighted by Crippen LogP contribution is 2.34. The normalized spacial score (nSPS) is 18.3. The smallest absolute Gasteiger partial charge is 0.356 e. The van der Waals surface area contributed by atoms with Gasteiger partial charge in [-0.25, -0.2) is 14.8 Å². The topological polar surface area (TPSA) is 89.7 Å². The van der Waals surface area contributed by atoms with Gasteiger partial charge in [0, 0.05) is 32.0 Å². The number of nitrogens with zero attached hydrogens (tertiary/aromatic N) is 4. The molecular weight excluding hydrogens is 372 g/mol. The summed E-state index contributed by atoms with van der Waals surface area (Å²) < 4.78 is 13.6. The lowest BCUT2D eigenvalue weighted by Gasteiger charge is -2.28. The molecule has 2 aliphatic rings. The zero-order valence-corrected chi connectivity index (χ0v) is 15.7. The third-order valence-electron chi connectivity index (χ3n) is 5.24. The second-order valence-corrected chi connectivity index (χ2v) is 7.22. The fourth-order valence-corrected chi connectivity index (χ4v) is 3.71. The van der Waals surface area contributed by atoms with Crippen LogP contribution in [-0.2, 0) is 19.6 Å². The molecule has 5 rings (SSSR count). The van der Waals surface area contributed by atoms with E-state index in [4.69, 9.17) is 14.6 Å². The number of rotatable bonds is 4. The molecule has 0 saturated carbocycles. The molecular formula is C21H20N4O4. The van der Waals surface area contributed by atoms with Crippen molar-refractivity contribution >= 4 is 5.97 Å². The van der Waals surface area contributed by atoms with Gasteiger partial charge in [-0.15, -0.1) is 0 Å². The number of pyridine rings is 1. The molecule has 8 nitrogen and oxygen atoms in total. The second-order valence-electron chi connectivity index (χ2n) is 7.22. The maximum absolute atomic E-state index is 11.1. The van der Waals surface area contributed by atoms with Crippen molar-refractivity contribution in [2.45, 2.75) is 25.7 Å². The molecule has 0 saturated heterocycles. The van der Waals surface area contributed by atoms with Crippen molar-refractivity contribution < 1.29 is 19.4 Å². The Labute approximate surface area is 167 Å². The summed E-state index contributed by atoms with van der Waals surface area (Å²) in [4.78, 5) is 21.8. The van der Waals surface area contributed by atoms with E-state index in [0.29, 0.717) is 24.8 Å². The molecule has 2 aliphatic heterocycles. The van der Waals surface area contributed by atoms with E-state index >= 15 is 0 Å². The number of carboxylic acid groups (broad SMARTS) is 1. The Morgan fingerprint density at radius 3 is 2.90 bits per heavy atom. The van der Waals surface area contributed by atoms with Gasteiger partial charge < -0.3 is 19.1 Å².